The Hall–Kier alpha value is -0.603. The third kappa shape index (κ3) is 3.29. The van der Waals surface area contributed by atoms with Crippen molar-refractivity contribution in [3.05, 3.63) is 30.3 Å². The van der Waals surface area contributed by atoms with E-state index in [1.54, 1.807) is 5.19 Å². The average molecular weight is 276 g/mol. The smallest absolute Gasteiger partial charge is 0.0834 e. The minimum absolute atomic E-state index is 0.113. The average Bonchev–Trinajstić information content (AvgIpc) is 2.71. The molecule has 0 N–H and O–H groups in total. The van der Waals surface area contributed by atoms with Gasteiger partial charge in [-0.05, 0) is 31.7 Å². The van der Waals surface area contributed by atoms with Crippen LogP contribution < -0.4 is 5.19 Å². The van der Waals surface area contributed by atoms with Gasteiger partial charge in [0.1, 0.15) is 0 Å². The lowest BCUT2D eigenvalue weighted by Gasteiger charge is -2.37. The van der Waals surface area contributed by atoms with E-state index < -0.39 is 8.07 Å². The van der Waals surface area contributed by atoms with Crippen molar-refractivity contribution >= 4 is 13.3 Å². The second kappa shape index (κ2) is 5.80. The summed E-state index contributed by atoms with van der Waals surface area (Å²) in [5.74, 6) is 0.757. The highest BCUT2D eigenvalue weighted by atomic mass is 28.3. The third-order valence-corrected chi connectivity index (χ3v) is 8.23. The van der Waals surface area contributed by atoms with E-state index >= 15 is 0 Å². The van der Waals surface area contributed by atoms with Gasteiger partial charge >= 0.3 is 0 Å². The molecular formula is C17H28OSi. The molecule has 1 heterocycles. The van der Waals surface area contributed by atoms with Crippen molar-refractivity contribution in [1.82, 2.24) is 0 Å². The van der Waals surface area contributed by atoms with Crippen molar-refractivity contribution in [3.8, 4) is 0 Å². The zero-order chi connectivity index (χ0) is 13.9. The monoisotopic (exact) mass is 276 g/mol. The van der Waals surface area contributed by atoms with Crippen LogP contribution in [0.4, 0.5) is 0 Å². The standard InChI is InChI=1S/C17H28OSi/c1-5-9-15-12-13-18-17(15,2)14-19(3,4)16-10-7-6-8-11-16/h6-8,10-11,15H,5,9,12-14H2,1-4H3/t15-,17+/m1/s1. The third-order valence-electron chi connectivity index (χ3n) is 4.75. The summed E-state index contributed by atoms with van der Waals surface area (Å²) in [5, 5.41) is 1.56. The van der Waals surface area contributed by atoms with Crippen molar-refractivity contribution in [1.29, 1.82) is 0 Å². The predicted octanol–water partition coefficient (Wildman–Crippen LogP) is 4.20. The first-order chi connectivity index (χ1) is 8.98. The molecule has 0 aliphatic carbocycles. The summed E-state index contributed by atoms with van der Waals surface area (Å²) >= 11 is 0. The Morgan fingerprint density at radius 2 is 1.95 bits per heavy atom. The summed E-state index contributed by atoms with van der Waals surface area (Å²) in [5.41, 5.74) is 0.113. The molecule has 0 radical (unpaired) electrons. The SMILES string of the molecule is CCC[C@@H]1CCO[C@@]1(C)C[Si](C)(C)c1ccccc1. The van der Waals surface area contributed by atoms with Gasteiger partial charge in [-0.2, -0.15) is 0 Å². The minimum Gasteiger partial charge on any atom is -0.375 e. The number of hydrogen-bond acceptors (Lipinski definition) is 1. The molecule has 0 aromatic heterocycles. The Morgan fingerprint density at radius 3 is 2.58 bits per heavy atom. The number of hydrogen-bond donors (Lipinski definition) is 0. The van der Waals surface area contributed by atoms with E-state index in [9.17, 15) is 0 Å². The first kappa shape index (κ1) is 14.8. The molecule has 2 atom stereocenters. The van der Waals surface area contributed by atoms with Crippen LogP contribution in [0.5, 0.6) is 0 Å². The summed E-state index contributed by atoms with van der Waals surface area (Å²) in [4.78, 5) is 0. The maximum absolute atomic E-state index is 6.20. The number of rotatable bonds is 5. The van der Waals surface area contributed by atoms with Gasteiger partial charge in [-0.15, -0.1) is 0 Å². The van der Waals surface area contributed by atoms with Crippen molar-refractivity contribution in [2.75, 3.05) is 6.61 Å². The van der Waals surface area contributed by atoms with Crippen LogP contribution in [0.3, 0.4) is 0 Å². The lowest BCUT2D eigenvalue weighted by atomic mass is 9.87. The van der Waals surface area contributed by atoms with E-state index in [1.165, 1.54) is 25.3 Å². The molecule has 0 spiro atoms. The molecule has 19 heavy (non-hydrogen) atoms. The molecular weight excluding hydrogens is 248 g/mol. The van der Waals surface area contributed by atoms with Crippen LogP contribution in [0, 0.1) is 5.92 Å². The van der Waals surface area contributed by atoms with Gasteiger partial charge in [0.05, 0.1) is 13.7 Å². The summed E-state index contributed by atoms with van der Waals surface area (Å²) in [6, 6.07) is 12.3. The van der Waals surface area contributed by atoms with Gasteiger partial charge < -0.3 is 4.74 Å². The van der Waals surface area contributed by atoms with Gasteiger partial charge in [0.2, 0.25) is 0 Å². The highest BCUT2D eigenvalue weighted by Crippen LogP contribution is 2.40. The van der Waals surface area contributed by atoms with Crippen LogP contribution in [-0.2, 0) is 4.74 Å². The molecule has 0 bridgehead atoms. The normalized spacial score (nSPS) is 27.7. The van der Waals surface area contributed by atoms with Crippen molar-refractivity contribution in [3.63, 3.8) is 0 Å². The van der Waals surface area contributed by atoms with Crippen LogP contribution in [0.2, 0.25) is 19.1 Å². The Morgan fingerprint density at radius 1 is 1.26 bits per heavy atom. The zero-order valence-corrected chi connectivity index (χ0v) is 13.9. The van der Waals surface area contributed by atoms with Gasteiger partial charge in [0.25, 0.3) is 0 Å². The molecule has 2 heteroatoms. The fourth-order valence-corrected chi connectivity index (χ4v) is 7.16. The van der Waals surface area contributed by atoms with Crippen LogP contribution in [0.25, 0.3) is 0 Å². The van der Waals surface area contributed by atoms with Crippen molar-refractivity contribution < 1.29 is 4.74 Å². The first-order valence-corrected chi connectivity index (χ1v) is 10.9. The lowest BCUT2D eigenvalue weighted by Crippen LogP contribution is -2.49. The van der Waals surface area contributed by atoms with Gasteiger partial charge in [0.15, 0.2) is 0 Å². The molecule has 1 nitrogen and oxygen atoms in total. The van der Waals surface area contributed by atoms with Crippen LogP contribution >= 0.6 is 0 Å². The first-order valence-electron chi connectivity index (χ1n) is 7.67. The van der Waals surface area contributed by atoms with Crippen LogP contribution in [0.1, 0.15) is 33.1 Å². The molecule has 0 unspecified atom stereocenters. The molecule has 106 valence electrons. The van der Waals surface area contributed by atoms with E-state index in [1.807, 2.05) is 0 Å². The van der Waals surface area contributed by atoms with E-state index in [0.717, 1.165) is 12.5 Å². The zero-order valence-electron chi connectivity index (χ0n) is 12.9. The Bertz CT molecular complexity index is 401. The summed E-state index contributed by atoms with van der Waals surface area (Å²) in [6.45, 7) is 10.6. The Balaban J connectivity index is 2.15. The summed E-state index contributed by atoms with van der Waals surface area (Å²) < 4.78 is 6.20. The van der Waals surface area contributed by atoms with E-state index in [4.69, 9.17) is 4.74 Å². The topological polar surface area (TPSA) is 9.23 Å². The van der Waals surface area contributed by atoms with Crippen LogP contribution in [-0.4, -0.2) is 20.3 Å². The predicted molar refractivity (Wildman–Crippen MR) is 85.7 cm³/mol. The molecule has 2 rings (SSSR count). The fraction of sp³-hybridized carbons (Fsp3) is 0.647. The Kier molecular flexibility index (Phi) is 4.52. The molecule has 1 fully saturated rings. The molecule has 0 amide bonds. The number of benzene rings is 1. The summed E-state index contributed by atoms with van der Waals surface area (Å²) in [6.07, 6.45) is 3.84. The molecule has 1 aliphatic heterocycles. The van der Waals surface area contributed by atoms with Crippen molar-refractivity contribution in [2.45, 2.75) is 57.8 Å². The minimum atomic E-state index is -1.41. The maximum Gasteiger partial charge on any atom is 0.0834 e. The molecule has 1 aliphatic rings. The number of ether oxygens (including phenoxy) is 1. The van der Waals surface area contributed by atoms with Crippen LogP contribution in [0.15, 0.2) is 30.3 Å². The molecule has 1 aromatic carbocycles. The second-order valence-electron chi connectivity index (χ2n) is 6.86. The van der Waals surface area contributed by atoms with Gasteiger partial charge in [-0.1, -0.05) is 62.0 Å². The molecule has 0 saturated carbocycles. The van der Waals surface area contributed by atoms with Gasteiger partial charge in [-0.25, -0.2) is 0 Å². The van der Waals surface area contributed by atoms with Gasteiger partial charge in [-0.3, -0.25) is 0 Å². The van der Waals surface area contributed by atoms with E-state index in [0.29, 0.717) is 0 Å². The highest BCUT2D eigenvalue weighted by molar-refractivity contribution is 6.90. The largest absolute Gasteiger partial charge is 0.375 e. The maximum atomic E-state index is 6.20. The second-order valence-corrected chi connectivity index (χ2v) is 11.6. The molecule has 1 aromatic rings. The Labute approximate surface area is 119 Å². The fourth-order valence-electron chi connectivity index (χ4n) is 3.72. The van der Waals surface area contributed by atoms with E-state index in [-0.39, 0.29) is 5.60 Å². The van der Waals surface area contributed by atoms with Crippen molar-refractivity contribution in [2.24, 2.45) is 5.92 Å². The molecule has 1 saturated heterocycles. The quantitative estimate of drug-likeness (QED) is 0.733. The van der Waals surface area contributed by atoms with E-state index in [2.05, 4.69) is 57.3 Å². The summed E-state index contributed by atoms with van der Waals surface area (Å²) in [7, 11) is -1.41. The lowest BCUT2D eigenvalue weighted by molar-refractivity contribution is 0.00822. The highest BCUT2D eigenvalue weighted by Gasteiger charge is 2.44. The van der Waals surface area contributed by atoms with Gasteiger partial charge in [0, 0.05) is 6.61 Å².